The van der Waals surface area contributed by atoms with Crippen molar-refractivity contribution >= 4 is 17.2 Å². The van der Waals surface area contributed by atoms with Crippen LogP contribution in [0.1, 0.15) is 23.2 Å². The molecule has 4 heteroatoms. The molecule has 3 nitrogen and oxygen atoms in total. The molecular weight excluding hydrogens is 244 g/mol. The molecule has 0 N–H and O–H groups in total. The van der Waals surface area contributed by atoms with E-state index in [0.29, 0.717) is 5.56 Å². The highest BCUT2D eigenvalue weighted by Gasteiger charge is 2.19. The van der Waals surface area contributed by atoms with Crippen LogP contribution in [0.3, 0.4) is 0 Å². The zero-order valence-corrected chi connectivity index (χ0v) is 10.8. The average Bonchev–Trinajstić information content (AvgIpc) is 3.11. The van der Waals surface area contributed by atoms with Gasteiger partial charge in [-0.05, 0) is 36.4 Å². The van der Waals surface area contributed by atoms with Gasteiger partial charge in [-0.1, -0.05) is 0 Å². The van der Waals surface area contributed by atoms with Gasteiger partial charge in [0.15, 0.2) is 0 Å². The molecule has 18 heavy (non-hydrogen) atoms. The Bertz CT molecular complexity index is 527. The molecule has 2 aromatic rings. The third-order valence-corrected chi connectivity index (χ3v) is 3.90. The molecule has 0 aromatic carbocycles. The van der Waals surface area contributed by atoms with Crippen LogP contribution >= 0.6 is 11.3 Å². The summed E-state index contributed by atoms with van der Waals surface area (Å²) in [6.07, 6.45) is 3.92. The van der Waals surface area contributed by atoms with Gasteiger partial charge >= 0.3 is 0 Å². The molecule has 0 unspecified atom stereocenters. The molecule has 0 saturated carbocycles. The van der Waals surface area contributed by atoms with Crippen molar-refractivity contribution in [2.75, 3.05) is 13.1 Å². The van der Waals surface area contributed by atoms with Crippen LogP contribution in [0.5, 0.6) is 0 Å². The number of carbonyl (C=O) groups excluding carboxylic acids is 1. The molecule has 0 bridgehead atoms. The van der Waals surface area contributed by atoms with E-state index in [4.69, 9.17) is 0 Å². The van der Waals surface area contributed by atoms with Gasteiger partial charge in [-0.25, -0.2) is 0 Å². The highest BCUT2D eigenvalue weighted by atomic mass is 32.1. The van der Waals surface area contributed by atoms with Crippen LogP contribution < -0.4 is 0 Å². The molecule has 1 saturated heterocycles. The summed E-state index contributed by atoms with van der Waals surface area (Å²) in [4.78, 5) is 18.4. The second kappa shape index (κ2) is 4.90. The number of thiophene rings is 1. The summed E-state index contributed by atoms with van der Waals surface area (Å²) in [6, 6.07) is 5.83. The molecule has 3 rings (SSSR count). The standard InChI is InChI=1S/C14H14N2OS/c17-14(16-6-1-2-7-16)11-3-4-13(15-9-11)12-5-8-18-10-12/h3-5,8-10H,1-2,6-7H2. The van der Waals surface area contributed by atoms with Gasteiger partial charge in [-0.3, -0.25) is 9.78 Å². The van der Waals surface area contributed by atoms with E-state index in [2.05, 4.69) is 10.4 Å². The van der Waals surface area contributed by atoms with Gasteiger partial charge in [0.05, 0.1) is 11.3 Å². The first-order valence-corrected chi connectivity index (χ1v) is 7.07. The van der Waals surface area contributed by atoms with Crippen LogP contribution in [0, 0.1) is 0 Å². The van der Waals surface area contributed by atoms with Crippen molar-refractivity contribution in [2.24, 2.45) is 0 Å². The maximum absolute atomic E-state index is 12.1. The summed E-state index contributed by atoms with van der Waals surface area (Å²) in [7, 11) is 0. The van der Waals surface area contributed by atoms with Crippen LogP contribution in [-0.4, -0.2) is 28.9 Å². The molecule has 1 aliphatic rings. The van der Waals surface area contributed by atoms with Crippen LogP contribution in [-0.2, 0) is 0 Å². The molecule has 0 aliphatic carbocycles. The van der Waals surface area contributed by atoms with E-state index in [9.17, 15) is 4.79 Å². The highest BCUT2D eigenvalue weighted by Crippen LogP contribution is 2.20. The molecule has 1 aliphatic heterocycles. The number of amides is 1. The van der Waals surface area contributed by atoms with Crippen molar-refractivity contribution < 1.29 is 4.79 Å². The largest absolute Gasteiger partial charge is 0.339 e. The Morgan fingerprint density at radius 2 is 2.06 bits per heavy atom. The molecular formula is C14H14N2OS. The van der Waals surface area contributed by atoms with Crippen molar-refractivity contribution in [1.82, 2.24) is 9.88 Å². The van der Waals surface area contributed by atoms with Crippen LogP contribution in [0.25, 0.3) is 11.3 Å². The number of hydrogen-bond acceptors (Lipinski definition) is 3. The molecule has 0 spiro atoms. The predicted octanol–water partition coefficient (Wildman–Crippen LogP) is 3.05. The van der Waals surface area contributed by atoms with E-state index in [1.165, 1.54) is 0 Å². The molecule has 3 heterocycles. The van der Waals surface area contributed by atoms with Crippen molar-refractivity contribution in [2.45, 2.75) is 12.8 Å². The molecule has 1 fully saturated rings. The number of aromatic nitrogens is 1. The number of hydrogen-bond donors (Lipinski definition) is 0. The van der Waals surface area contributed by atoms with E-state index in [1.54, 1.807) is 17.5 Å². The van der Waals surface area contributed by atoms with Crippen molar-refractivity contribution in [3.8, 4) is 11.3 Å². The van der Waals surface area contributed by atoms with Crippen molar-refractivity contribution in [3.63, 3.8) is 0 Å². The predicted molar refractivity (Wildman–Crippen MR) is 72.7 cm³/mol. The first-order valence-electron chi connectivity index (χ1n) is 6.12. The topological polar surface area (TPSA) is 33.2 Å². The van der Waals surface area contributed by atoms with E-state index < -0.39 is 0 Å². The maximum Gasteiger partial charge on any atom is 0.255 e. The van der Waals surface area contributed by atoms with Gasteiger partial charge in [0.25, 0.3) is 5.91 Å². The van der Waals surface area contributed by atoms with Gasteiger partial charge in [-0.15, -0.1) is 0 Å². The number of rotatable bonds is 2. The first-order chi connectivity index (χ1) is 8.84. The summed E-state index contributed by atoms with van der Waals surface area (Å²) in [5, 5.41) is 4.09. The zero-order chi connectivity index (χ0) is 12.4. The monoisotopic (exact) mass is 258 g/mol. The minimum atomic E-state index is 0.108. The van der Waals surface area contributed by atoms with E-state index in [0.717, 1.165) is 37.2 Å². The Kier molecular flexibility index (Phi) is 3.11. The Hall–Kier alpha value is -1.68. The molecule has 0 atom stereocenters. The number of likely N-dealkylation sites (tertiary alicyclic amines) is 1. The number of pyridine rings is 1. The number of nitrogens with zero attached hydrogens (tertiary/aromatic N) is 2. The van der Waals surface area contributed by atoms with Crippen molar-refractivity contribution in [1.29, 1.82) is 0 Å². The normalized spacial score (nSPS) is 15.0. The fraction of sp³-hybridized carbons (Fsp3) is 0.286. The highest BCUT2D eigenvalue weighted by molar-refractivity contribution is 7.08. The van der Waals surface area contributed by atoms with Gasteiger partial charge in [-0.2, -0.15) is 11.3 Å². The SMILES string of the molecule is O=C(c1ccc(-c2ccsc2)nc1)N1CCCC1. The molecule has 0 radical (unpaired) electrons. The zero-order valence-electron chi connectivity index (χ0n) is 10.0. The fourth-order valence-electron chi connectivity index (χ4n) is 2.20. The Morgan fingerprint density at radius 1 is 1.22 bits per heavy atom. The fourth-order valence-corrected chi connectivity index (χ4v) is 2.85. The first kappa shape index (κ1) is 11.4. The smallest absolute Gasteiger partial charge is 0.255 e. The van der Waals surface area contributed by atoms with Crippen molar-refractivity contribution in [3.05, 3.63) is 40.7 Å². The summed E-state index contributed by atoms with van der Waals surface area (Å²) in [5.41, 5.74) is 2.73. The van der Waals surface area contributed by atoms with E-state index >= 15 is 0 Å². The maximum atomic E-state index is 12.1. The second-order valence-electron chi connectivity index (χ2n) is 4.44. The Morgan fingerprint density at radius 3 is 2.67 bits per heavy atom. The summed E-state index contributed by atoms with van der Waals surface area (Å²) >= 11 is 1.65. The van der Waals surface area contributed by atoms with Gasteiger partial charge in [0.2, 0.25) is 0 Å². The lowest BCUT2D eigenvalue weighted by Gasteiger charge is -2.14. The van der Waals surface area contributed by atoms with Crippen LogP contribution in [0.15, 0.2) is 35.2 Å². The molecule has 2 aromatic heterocycles. The van der Waals surface area contributed by atoms with Gasteiger partial charge < -0.3 is 4.90 Å². The van der Waals surface area contributed by atoms with E-state index in [1.807, 2.05) is 28.5 Å². The third kappa shape index (κ3) is 2.16. The van der Waals surface area contributed by atoms with Crippen LogP contribution in [0.4, 0.5) is 0 Å². The Labute approximate surface area is 110 Å². The minimum Gasteiger partial charge on any atom is -0.339 e. The molecule has 92 valence electrons. The van der Waals surface area contributed by atoms with Crippen LogP contribution in [0.2, 0.25) is 0 Å². The van der Waals surface area contributed by atoms with Gasteiger partial charge in [0, 0.05) is 30.2 Å². The summed E-state index contributed by atoms with van der Waals surface area (Å²) in [6.45, 7) is 1.76. The van der Waals surface area contributed by atoms with Gasteiger partial charge in [0.1, 0.15) is 0 Å². The summed E-state index contributed by atoms with van der Waals surface area (Å²) in [5.74, 6) is 0.108. The minimum absolute atomic E-state index is 0.108. The average molecular weight is 258 g/mol. The lowest BCUT2D eigenvalue weighted by Crippen LogP contribution is -2.27. The molecule has 1 amide bonds. The Balaban J connectivity index is 1.80. The number of carbonyl (C=O) groups is 1. The van der Waals surface area contributed by atoms with E-state index in [-0.39, 0.29) is 5.91 Å². The lowest BCUT2D eigenvalue weighted by atomic mass is 10.2. The second-order valence-corrected chi connectivity index (χ2v) is 5.22. The summed E-state index contributed by atoms with van der Waals surface area (Å²) < 4.78 is 0. The lowest BCUT2D eigenvalue weighted by molar-refractivity contribution is 0.0792. The quantitative estimate of drug-likeness (QED) is 0.829. The third-order valence-electron chi connectivity index (χ3n) is 3.22.